The fourth-order valence-corrected chi connectivity index (χ4v) is 2.44. The Balaban J connectivity index is 2.19. The number of nitrogens with zero attached hydrogens (tertiary/aromatic N) is 1. The minimum Gasteiger partial charge on any atom is -0.508 e. The molecule has 1 aromatic heterocycles. The summed E-state index contributed by atoms with van der Waals surface area (Å²) in [7, 11) is 0. The van der Waals surface area contributed by atoms with E-state index in [1.807, 2.05) is 18.2 Å². The third-order valence-electron chi connectivity index (χ3n) is 2.55. The summed E-state index contributed by atoms with van der Waals surface area (Å²) in [5, 5.41) is 9.37. The van der Waals surface area contributed by atoms with Gasteiger partial charge in [-0.1, -0.05) is 6.07 Å². The normalized spacial score (nSPS) is 10.9. The predicted molar refractivity (Wildman–Crippen MR) is 66.7 cm³/mol. The Bertz CT molecular complexity index is 672. The van der Waals surface area contributed by atoms with Gasteiger partial charge in [-0.05, 0) is 35.4 Å². The highest BCUT2D eigenvalue weighted by atomic mass is 32.1. The molecule has 0 aliphatic carbocycles. The molecule has 1 N–H and O–H groups in total. The van der Waals surface area contributed by atoms with Crippen molar-refractivity contribution in [1.82, 2.24) is 4.98 Å². The van der Waals surface area contributed by atoms with Gasteiger partial charge in [0.05, 0.1) is 15.7 Å². The molecule has 0 aliphatic heterocycles. The lowest BCUT2D eigenvalue weighted by Crippen LogP contribution is -1.81. The number of fused-ring (bicyclic) bond motifs is 1. The van der Waals surface area contributed by atoms with Crippen molar-refractivity contribution < 1.29 is 9.50 Å². The van der Waals surface area contributed by atoms with Crippen molar-refractivity contribution in [1.29, 1.82) is 0 Å². The average molecular weight is 245 g/mol. The van der Waals surface area contributed by atoms with Gasteiger partial charge in [0.15, 0.2) is 0 Å². The number of rotatable bonds is 1. The molecular formula is C13H8FNOS. The number of aromatic hydroxyl groups is 1. The molecule has 0 unspecified atom stereocenters. The standard InChI is InChI=1S/C13H8FNOS/c14-10-3-9(4-11(16)6-10)8-1-2-13-12(5-8)15-7-17-13/h1-7,16H. The number of benzene rings is 2. The molecule has 0 aliphatic rings. The van der Waals surface area contributed by atoms with Crippen molar-refractivity contribution in [2.45, 2.75) is 0 Å². The summed E-state index contributed by atoms with van der Waals surface area (Å²) >= 11 is 1.56. The molecule has 0 atom stereocenters. The van der Waals surface area contributed by atoms with Gasteiger partial charge in [0, 0.05) is 6.07 Å². The minimum atomic E-state index is -0.446. The second-order valence-corrected chi connectivity index (χ2v) is 4.62. The maximum absolute atomic E-state index is 13.2. The number of thiazole rings is 1. The van der Waals surface area contributed by atoms with E-state index in [9.17, 15) is 9.50 Å². The zero-order valence-corrected chi connectivity index (χ0v) is 9.54. The molecule has 0 radical (unpaired) electrons. The summed E-state index contributed by atoms with van der Waals surface area (Å²) in [6, 6.07) is 9.76. The molecule has 84 valence electrons. The molecule has 2 aromatic carbocycles. The summed E-state index contributed by atoms with van der Waals surface area (Å²) < 4.78 is 14.3. The van der Waals surface area contributed by atoms with E-state index in [1.54, 1.807) is 16.8 Å². The Kier molecular flexibility index (Phi) is 2.30. The van der Waals surface area contributed by atoms with E-state index in [4.69, 9.17) is 0 Å². The molecule has 0 fully saturated rings. The van der Waals surface area contributed by atoms with Crippen molar-refractivity contribution in [3.05, 3.63) is 47.7 Å². The second kappa shape index (κ2) is 3.82. The first-order valence-electron chi connectivity index (χ1n) is 5.05. The summed E-state index contributed by atoms with van der Waals surface area (Å²) in [6.07, 6.45) is 0. The molecule has 0 saturated carbocycles. The van der Waals surface area contributed by atoms with Gasteiger partial charge in [-0.3, -0.25) is 0 Å². The highest BCUT2D eigenvalue weighted by Crippen LogP contribution is 2.28. The van der Waals surface area contributed by atoms with E-state index in [-0.39, 0.29) is 5.75 Å². The minimum absolute atomic E-state index is 0.0709. The maximum atomic E-state index is 13.2. The van der Waals surface area contributed by atoms with Crippen LogP contribution < -0.4 is 0 Å². The zero-order chi connectivity index (χ0) is 11.8. The molecule has 2 nitrogen and oxygen atoms in total. The van der Waals surface area contributed by atoms with Gasteiger partial charge in [-0.25, -0.2) is 9.37 Å². The fourth-order valence-electron chi connectivity index (χ4n) is 1.78. The van der Waals surface area contributed by atoms with Crippen molar-refractivity contribution in [3.8, 4) is 16.9 Å². The van der Waals surface area contributed by atoms with Gasteiger partial charge in [-0.2, -0.15) is 0 Å². The van der Waals surface area contributed by atoms with E-state index < -0.39 is 5.82 Å². The molecular weight excluding hydrogens is 237 g/mol. The van der Waals surface area contributed by atoms with Crippen molar-refractivity contribution >= 4 is 21.6 Å². The van der Waals surface area contributed by atoms with E-state index >= 15 is 0 Å². The van der Waals surface area contributed by atoms with Crippen LogP contribution in [0.15, 0.2) is 41.9 Å². The van der Waals surface area contributed by atoms with Crippen molar-refractivity contribution in [3.63, 3.8) is 0 Å². The molecule has 4 heteroatoms. The molecule has 3 aromatic rings. The third-order valence-corrected chi connectivity index (χ3v) is 3.36. The number of aromatic nitrogens is 1. The topological polar surface area (TPSA) is 33.1 Å². The van der Waals surface area contributed by atoms with Crippen molar-refractivity contribution in [2.24, 2.45) is 0 Å². The van der Waals surface area contributed by atoms with E-state index in [0.717, 1.165) is 21.8 Å². The van der Waals surface area contributed by atoms with Crippen LogP contribution in [-0.4, -0.2) is 10.1 Å². The Morgan fingerprint density at radius 3 is 2.76 bits per heavy atom. The lowest BCUT2D eigenvalue weighted by atomic mass is 10.1. The first kappa shape index (κ1) is 10.2. The number of phenols is 1. The maximum Gasteiger partial charge on any atom is 0.127 e. The fraction of sp³-hybridized carbons (Fsp3) is 0. The monoisotopic (exact) mass is 245 g/mol. The van der Waals surface area contributed by atoms with Gasteiger partial charge < -0.3 is 5.11 Å². The van der Waals surface area contributed by atoms with Crippen LogP contribution in [0, 0.1) is 5.82 Å². The van der Waals surface area contributed by atoms with E-state index in [1.165, 1.54) is 12.1 Å². The summed E-state index contributed by atoms with van der Waals surface area (Å²) in [6.45, 7) is 0. The molecule has 0 amide bonds. The van der Waals surface area contributed by atoms with Crippen LogP contribution in [0.5, 0.6) is 5.75 Å². The SMILES string of the molecule is Oc1cc(F)cc(-c2ccc3scnc3c2)c1. The first-order chi connectivity index (χ1) is 8.22. The van der Waals surface area contributed by atoms with Gasteiger partial charge in [-0.15, -0.1) is 11.3 Å². The molecule has 1 heterocycles. The van der Waals surface area contributed by atoms with Crippen LogP contribution >= 0.6 is 11.3 Å². The van der Waals surface area contributed by atoms with Crippen LogP contribution in [0.2, 0.25) is 0 Å². The second-order valence-electron chi connectivity index (χ2n) is 3.73. The number of hydrogen-bond acceptors (Lipinski definition) is 3. The third kappa shape index (κ3) is 1.87. The van der Waals surface area contributed by atoms with Gasteiger partial charge >= 0.3 is 0 Å². The molecule has 0 bridgehead atoms. The highest BCUT2D eigenvalue weighted by Gasteiger charge is 2.04. The van der Waals surface area contributed by atoms with E-state index in [0.29, 0.717) is 5.56 Å². The van der Waals surface area contributed by atoms with Gasteiger partial charge in [0.1, 0.15) is 11.6 Å². The average Bonchev–Trinajstić information content (AvgIpc) is 2.74. The predicted octanol–water partition coefficient (Wildman–Crippen LogP) is 3.81. The van der Waals surface area contributed by atoms with Crippen LogP contribution in [0.25, 0.3) is 21.3 Å². The Labute approximate surface area is 101 Å². The Morgan fingerprint density at radius 2 is 1.94 bits per heavy atom. The molecule has 3 rings (SSSR count). The van der Waals surface area contributed by atoms with Crippen LogP contribution in [0.4, 0.5) is 4.39 Å². The quantitative estimate of drug-likeness (QED) is 0.707. The van der Waals surface area contributed by atoms with Gasteiger partial charge in [0.25, 0.3) is 0 Å². The largest absolute Gasteiger partial charge is 0.508 e. The molecule has 0 spiro atoms. The van der Waals surface area contributed by atoms with E-state index in [2.05, 4.69) is 4.98 Å². The number of phenolic OH excluding ortho intramolecular Hbond substituents is 1. The molecule has 0 saturated heterocycles. The first-order valence-corrected chi connectivity index (χ1v) is 5.93. The van der Waals surface area contributed by atoms with Crippen molar-refractivity contribution in [2.75, 3.05) is 0 Å². The van der Waals surface area contributed by atoms with Crippen LogP contribution in [0.1, 0.15) is 0 Å². The number of hydrogen-bond donors (Lipinski definition) is 1. The number of halogens is 1. The lowest BCUT2D eigenvalue weighted by Gasteiger charge is -2.03. The summed E-state index contributed by atoms with van der Waals surface area (Å²) in [4.78, 5) is 4.21. The van der Waals surface area contributed by atoms with Gasteiger partial charge in [0.2, 0.25) is 0 Å². The smallest absolute Gasteiger partial charge is 0.127 e. The summed E-state index contributed by atoms with van der Waals surface area (Å²) in [5.74, 6) is -0.517. The summed E-state index contributed by atoms with van der Waals surface area (Å²) in [5.41, 5.74) is 4.16. The lowest BCUT2D eigenvalue weighted by molar-refractivity contribution is 0.469. The van der Waals surface area contributed by atoms with Crippen LogP contribution in [0.3, 0.4) is 0 Å². The van der Waals surface area contributed by atoms with Crippen LogP contribution in [-0.2, 0) is 0 Å². The highest BCUT2D eigenvalue weighted by molar-refractivity contribution is 7.16. The molecule has 17 heavy (non-hydrogen) atoms. The zero-order valence-electron chi connectivity index (χ0n) is 8.72. The Hall–Kier alpha value is -1.94. The Morgan fingerprint density at radius 1 is 1.06 bits per heavy atom.